The summed E-state index contributed by atoms with van der Waals surface area (Å²) in [5.74, 6) is -3.14. The molecule has 0 aliphatic carbocycles. The van der Waals surface area contributed by atoms with Gasteiger partial charge in [-0.3, -0.25) is 14.9 Å². The van der Waals surface area contributed by atoms with Gasteiger partial charge in [0.1, 0.15) is 11.5 Å². The smallest absolute Gasteiger partial charge is 0.298 e. The monoisotopic (exact) mass is 285 g/mol. The molecule has 9 heteroatoms. The van der Waals surface area contributed by atoms with Gasteiger partial charge >= 0.3 is 0 Å². The summed E-state index contributed by atoms with van der Waals surface area (Å²) >= 11 is 1.14. The Morgan fingerprint density at radius 2 is 2.16 bits per heavy atom. The number of rotatable bonds is 3. The van der Waals surface area contributed by atoms with Crippen LogP contribution in [0.15, 0.2) is 23.0 Å². The van der Waals surface area contributed by atoms with Gasteiger partial charge in [0.2, 0.25) is 0 Å². The average Bonchev–Trinajstić information content (AvgIpc) is 2.85. The Hall–Kier alpha value is -2.42. The largest absolute Gasteiger partial charge is 0.312 e. The molecule has 0 saturated carbocycles. The average molecular weight is 285 g/mol. The normalized spacial score (nSPS) is 10.2. The van der Waals surface area contributed by atoms with E-state index in [1.165, 1.54) is 10.9 Å². The van der Waals surface area contributed by atoms with Crippen molar-refractivity contribution < 1.29 is 18.5 Å². The first-order chi connectivity index (χ1) is 8.99. The van der Waals surface area contributed by atoms with E-state index in [2.05, 4.69) is 4.98 Å². The highest BCUT2D eigenvalue weighted by Gasteiger charge is 2.23. The van der Waals surface area contributed by atoms with Crippen molar-refractivity contribution >= 4 is 28.6 Å². The number of carbonyl (C=O) groups excluding carboxylic acids is 1. The number of thiazole rings is 1. The number of benzene rings is 1. The minimum absolute atomic E-state index is 0.0111. The van der Waals surface area contributed by atoms with E-state index in [-0.39, 0.29) is 5.69 Å². The Kier molecular flexibility index (Phi) is 3.47. The molecule has 0 radical (unpaired) electrons. The van der Waals surface area contributed by atoms with Gasteiger partial charge in [-0.15, -0.1) is 11.3 Å². The number of amides is 1. The van der Waals surface area contributed by atoms with Gasteiger partial charge in [0, 0.05) is 11.4 Å². The number of hydrogen-bond donors (Lipinski definition) is 1. The fourth-order valence-corrected chi connectivity index (χ4v) is 1.86. The van der Waals surface area contributed by atoms with Gasteiger partial charge in [0.05, 0.1) is 16.5 Å². The molecule has 0 aliphatic heterocycles. The summed E-state index contributed by atoms with van der Waals surface area (Å²) in [5, 5.41) is 14.1. The maximum Gasteiger partial charge on any atom is 0.298 e. The van der Waals surface area contributed by atoms with Crippen molar-refractivity contribution in [2.45, 2.75) is 0 Å². The molecule has 0 bridgehead atoms. The minimum atomic E-state index is -1.23. The molecule has 0 aliphatic rings. The molecule has 2 aromatic rings. The van der Waals surface area contributed by atoms with Crippen molar-refractivity contribution in [3.8, 4) is 0 Å². The molecule has 1 N–H and O–H groups in total. The lowest BCUT2D eigenvalue weighted by molar-refractivity contribution is -0.384. The predicted octanol–water partition coefficient (Wildman–Crippen LogP) is 2.58. The number of nitro benzene ring substituents is 1. The summed E-state index contributed by atoms with van der Waals surface area (Å²) in [6.07, 6.45) is 0. The lowest BCUT2D eigenvalue weighted by Gasteiger charge is -2.05. The van der Waals surface area contributed by atoms with Crippen LogP contribution in [0.3, 0.4) is 0 Å². The van der Waals surface area contributed by atoms with Crippen LogP contribution in [0.25, 0.3) is 0 Å². The van der Waals surface area contributed by atoms with Crippen molar-refractivity contribution in [3.05, 3.63) is 50.5 Å². The molecule has 0 atom stereocenters. The highest BCUT2D eigenvalue weighted by atomic mass is 32.1. The molecular weight excluding hydrogens is 280 g/mol. The van der Waals surface area contributed by atoms with Gasteiger partial charge in [0.15, 0.2) is 11.5 Å². The lowest BCUT2D eigenvalue weighted by atomic mass is 10.2. The molecule has 2 rings (SSSR count). The van der Waals surface area contributed by atoms with Crippen LogP contribution >= 0.6 is 11.3 Å². The van der Waals surface area contributed by atoms with Crippen LogP contribution in [-0.4, -0.2) is 15.8 Å². The fourth-order valence-electron chi connectivity index (χ4n) is 1.33. The molecule has 1 aromatic heterocycles. The van der Waals surface area contributed by atoms with Gasteiger partial charge in [-0.05, 0) is 0 Å². The Morgan fingerprint density at radius 1 is 1.42 bits per heavy atom. The highest BCUT2D eigenvalue weighted by molar-refractivity contribution is 7.07. The van der Waals surface area contributed by atoms with Crippen molar-refractivity contribution in [2.24, 2.45) is 0 Å². The summed E-state index contributed by atoms with van der Waals surface area (Å²) < 4.78 is 26.4. The topological polar surface area (TPSA) is 85.1 Å². The second kappa shape index (κ2) is 5.06. The number of aromatic nitrogens is 1. The van der Waals surface area contributed by atoms with Gasteiger partial charge in [-0.25, -0.2) is 13.8 Å². The molecule has 0 saturated heterocycles. The van der Waals surface area contributed by atoms with Gasteiger partial charge < -0.3 is 5.32 Å². The molecule has 0 fully saturated rings. The molecule has 0 spiro atoms. The van der Waals surface area contributed by atoms with E-state index in [9.17, 15) is 23.7 Å². The summed E-state index contributed by atoms with van der Waals surface area (Å²) in [5.41, 5.74) is -0.182. The second-order valence-corrected chi connectivity index (χ2v) is 4.09. The summed E-state index contributed by atoms with van der Waals surface area (Å²) in [6, 6.07) is 0.976. The molecule has 1 amide bonds. The van der Waals surface area contributed by atoms with Crippen LogP contribution in [0.4, 0.5) is 20.2 Å². The Balaban J connectivity index is 2.39. The second-order valence-electron chi connectivity index (χ2n) is 3.37. The highest BCUT2D eigenvalue weighted by Crippen LogP contribution is 2.29. The first kappa shape index (κ1) is 13.0. The number of nitrogens with one attached hydrogen (secondary N) is 1. The van der Waals surface area contributed by atoms with Crippen LogP contribution in [-0.2, 0) is 0 Å². The van der Waals surface area contributed by atoms with E-state index in [1.54, 1.807) is 0 Å². The van der Waals surface area contributed by atoms with E-state index in [0.29, 0.717) is 12.1 Å². The predicted molar refractivity (Wildman–Crippen MR) is 63.1 cm³/mol. The van der Waals surface area contributed by atoms with Crippen molar-refractivity contribution in [3.63, 3.8) is 0 Å². The van der Waals surface area contributed by atoms with E-state index in [1.807, 2.05) is 5.32 Å². The summed E-state index contributed by atoms with van der Waals surface area (Å²) in [4.78, 5) is 25.0. The van der Waals surface area contributed by atoms with Crippen molar-refractivity contribution in [2.75, 3.05) is 5.32 Å². The number of nitrogens with zero attached hydrogens (tertiary/aromatic N) is 2. The maximum atomic E-state index is 13.5. The summed E-state index contributed by atoms with van der Waals surface area (Å²) in [6.45, 7) is 0. The maximum absolute atomic E-state index is 13.5. The Labute approximate surface area is 108 Å². The molecule has 0 unspecified atom stereocenters. The number of halogens is 2. The molecule has 98 valence electrons. The van der Waals surface area contributed by atoms with E-state index in [4.69, 9.17) is 0 Å². The van der Waals surface area contributed by atoms with Crippen molar-refractivity contribution in [1.29, 1.82) is 0 Å². The quantitative estimate of drug-likeness (QED) is 0.693. The first-order valence-corrected chi connectivity index (χ1v) is 5.76. The van der Waals surface area contributed by atoms with Crippen LogP contribution < -0.4 is 5.32 Å². The fraction of sp³-hybridized carbons (Fsp3) is 0. The van der Waals surface area contributed by atoms with Crippen LogP contribution in [0.5, 0.6) is 0 Å². The van der Waals surface area contributed by atoms with Gasteiger partial charge in [0.25, 0.3) is 11.6 Å². The minimum Gasteiger partial charge on any atom is -0.312 e. The number of nitro groups is 1. The zero-order valence-corrected chi connectivity index (χ0v) is 9.91. The van der Waals surface area contributed by atoms with Crippen LogP contribution in [0.2, 0.25) is 0 Å². The van der Waals surface area contributed by atoms with Gasteiger partial charge in [-0.2, -0.15) is 0 Å². The summed E-state index contributed by atoms with van der Waals surface area (Å²) in [7, 11) is 0. The zero-order chi connectivity index (χ0) is 14.0. The van der Waals surface area contributed by atoms with E-state index in [0.717, 1.165) is 11.3 Å². The number of hydrogen-bond acceptors (Lipinski definition) is 5. The number of anilines is 1. The Bertz CT molecular complexity index is 646. The molecule has 1 aromatic carbocycles. The third-order valence-corrected chi connectivity index (χ3v) is 2.72. The molecule has 6 nitrogen and oxygen atoms in total. The molecular formula is C10H5F2N3O3S. The molecule has 19 heavy (non-hydrogen) atoms. The van der Waals surface area contributed by atoms with E-state index >= 15 is 0 Å². The number of carbonyl (C=O) groups is 1. The van der Waals surface area contributed by atoms with E-state index < -0.39 is 33.8 Å². The standard InChI is InChI=1S/C10H5F2N3O3S/c11-5-1-6(12)9(8(2-5)15(17)18)14-10(16)7-3-19-4-13-7/h1-4H,(H,14,16). The SMILES string of the molecule is O=C(Nc1c(F)cc(F)cc1[N+](=O)[O-])c1cscn1. The Morgan fingerprint density at radius 3 is 2.74 bits per heavy atom. The third kappa shape index (κ3) is 2.71. The third-order valence-electron chi connectivity index (χ3n) is 2.13. The van der Waals surface area contributed by atoms with Crippen LogP contribution in [0.1, 0.15) is 10.5 Å². The van der Waals surface area contributed by atoms with Crippen LogP contribution in [0, 0.1) is 21.7 Å². The van der Waals surface area contributed by atoms with Gasteiger partial charge in [-0.1, -0.05) is 0 Å². The van der Waals surface area contributed by atoms with Crippen molar-refractivity contribution in [1.82, 2.24) is 4.98 Å². The zero-order valence-electron chi connectivity index (χ0n) is 9.09. The first-order valence-electron chi connectivity index (χ1n) is 4.82. The molecule has 1 heterocycles. The lowest BCUT2D eigenvalue weighted by Crippen LogP contribution is -2.15.